The Kier molecular flexibility index (Phi) is 7.91. The number of amides is 2. The zero-order valence-corrected chi connectivity index (χ0v) is 23.1. The zero-order valence-electron chi connectivity index (χ0n) is 23.1. The van der Waals surface area contributed by atoms with Gasteiger partial charge in [0.1, 0.15) is 17.7 Å². The minimum Gasteiger partial charge on any atom is -0.339 e. The molecule has 2 heterocycles. The highest BCUT2D eigenvalue weighted by Crippen LogP contribution is 2.44. The Morgan fingerprint density at radius 1 is 1.07 bits per heavy atom. The molecule has 1 aromatic heterocycles. The number of carbonyl (C=O) groups excluding carboxylic acids is 2. The minimum absolute atomic E-state index is 0.0520. The lowest BCUT2D eigenvalue weighted by Crippen LogP contribution is -2.55. The Morgan fingerprint density at radius 2 is 1.77 bits per heavy atom. The standard InChI is InChI=1S/C31H26F4N6O2/c1-3-40-29-26(24(17-39(2)18-36)38-41(29)23-10-5-4-6-11-23)25(19-12-14-22(32)15-13-19)27(30(40)43)37-28(42)20-8-7-9-21(16-20)31(33,34)35/h4-16,25,27H,3,17H2,1-2H3,(H,37,42)/t25-,27+/m1/s1. The van der Waals surface area contributed by atoms with Crippen molar-refractivity contribution in [2.24, 2.45) is 0 Å². The summed E-state index contributed by atoms with van der Waals surface area (Å²) in [6, 6.07) is 17.1. The number of aromatic nitrogens is 2. The van der Waals surface area contributed by atoms with Gasteiger partial charge in [-0.05, 0) is 55.0 Å². The largest absolute Gasteiger partial charge is 0.416 e. The van der Waals surface area contributed by atoms with Crippen LogP contribution in [0.25, 0.3) is 5.69 Å². The van der Waals surface area contributed by atoms with Crippen LogP contribution in [0.3, 0.4) is 0 Å². The molecule has 1 N–H and O–H groups in total. The molecule has 1 aliphatic heterocycles. The molecule has 220 valence electrons. The number of hydrogen-bond acceptors (Lipinski definition) is 5. The first kappa shape index (κ1) is 29.3. The summed E-state index contributed by atoms with van der Waals surface area (Å²) in [6.07, 6.45) is -2.63. The van der Waals surface area contributed by atoms with Gasteiger partial charge >= 0.3 is 6.18 Å². The van der Waals surface area contributed by atoms with Crippen LogP contribution in [0.5, 0.6) is 0 Å². The summed E-state index contributed by atoms with van der Waals surface area (Å²) >= 11 is 0. The summed E-state index contributed by atoms with van der Waals surface area (Å²) in [5.41, 5.74) is 0.775. The molecule has 12 heteroatoms. The van der Waals surface area contributed by atoms with Crippen molar-refractivity contribution in [3.05, 3.63) is 113 Å². The molecular weight excluding hydrogens is 564 g/mol. The molecule has 8 nitrogen and oxygen atoms in total. The number of fused-ring (bicyclic) bond motifs is 1. The molecule has 5 rings (SSSR count). The minimum atomic E-state index is -4.67. The molecule has 0 saturated heterocycles. The van der Waals surface area contributed by atoms with Crippen LogP contribution < -0.4 is 10.2 Å². The quantitative estimate of drug-likeness (QED) is 0.181. The molecule has 0 fully saturated rings. The summed E-state index contributed by atoms with van der Waals surface area (Å²) in [5, 5.41) is 17.0. The lowest BCUT2D eigenvalue weighted by atomic mass is 9.80. The van der Waals surface area contributed by atoms with Crippen molar-refractivity contribution in [1.29, 1.82) is 5.26 Å². The monoisotopic (exact) mass is 590 g/mol. The van der Waals surface area contributed by atoms with Crippen LogP contribution in [0.1, 0.15) is 45.6 Å². The maximum atomic E-state index is 14.2. The molecule has 3 aromatic carbocycles. The number of likely N-dealkylation sites (N-methyl/N-ethyl adjacent to an activating group) is 1. The van der Waals surface area contributed by atoms with Crippen LogP contribution in [0.2, 0.25) is 0 Å². The van der Waals surface area contributed by atoms with E-state index in [9.17, 15) is 32.4 Å². The number of hydrogen-bond donors (Lipinski definition) is 1. The molecule has 2 atom stereocenters. The van der Waals surface area contributed by atoms with Gasteiger partial charge in [0.15, 0.2) is 6.19 Å². The van der Waals surface area contributed by atoms with Crippen LogP contribution in [-0.2, 0) is 17.5 Å². The second-order valence-corrected chi connectivity index (χ2v) is 10.0. The van der Waals surface area contributed by atoms with Gasteiger partial charge in [0.05, 0.1) is 23.5 Å². The van der Waals surface area contributed by atoms with Gasteiger partial charge in [-0.15, -0.1) is 0 Å². The van der Waals surface area contributed by atoms with Crippen LogP contribution in [0, 0.1) is 17.3 Å². The predicted molar refractivity (Wildman–Crippen MR) is 150 cm³/mol. The van der Waals surface area contributed by atoms with E-state index in [1.54, 1.807) is 42.9 Å². The number of rotatable bonds is 7. The second-order valence-electron chi connectivity index (χ2n) is 10.0. The number of alkyl halides is 3. The molecule has 0 radical (unpaired) electrons. The van der Waals surface area contributed by atoms with Crippen molar-refractivity contribution in [2.45, 2.75) is 31.6 Å². The maximum Gasteiger partial charge on any atom is 0.416 e. The fourth-order valence-corrected chi connectivity index (χ4v) is 5.29. The first-order valence-corrected chi connectivity index (χ1v) is 13.4. The number of nitrogens with one attached hydrogen (secondary N) is 1. The molecule has 0 bridgehead atoms. The van der Waals surface area contributed by atoms with Crippen LogP contribution >= 0.6 is 0 Å². The third kappa shape index (κ3) is 5.66. The van der Waals surface area contributed by atoms with Crippen LogP contribution in [0.15, 0.2) is 78.9 Å². The van der Waals surface area contributed by atoms with E-state index in [-0.39, 0.29) is 18.7 Å². The molecule has 0 spiro atoms. The van der Waals surface area contributed by atoms with Crippen molar-refractivity contribution in [1.82, 2.24) is 20.0 Å². The van der Waals surface area contributed by atoms with Crippen molar-refractivity contribution in [3.8, 4) is 11.9 Å². The number of nitrogens with zero attached hydrogens (tertiary/aromatic N) is 5. The number of anilines is 1. The Hall–Kier alpha value is -5.18. The Labute approximate surface area is 244 Å². The SMILES string of the molecule is CCN1C(=O)[C@@H](NC(=O)c2cccc(C(F)(F)F)c2)[C@H](c2ccc(F)cc2)c2c(CN(C)C#N)nn(-c3ccccc3)c21. The third-order valence-electron chi connectivity index (χ3n) is 7.25. The zero-order chi connectivity index (χ0) is 30.9. The van der Waals surface area contributed by atoms with E-state index in [1.807, 2.05) is 12.3 Å². The summed E-state index contributed by atoms with van der Waals surface area (Å²) in [6.45, 7) is 1.97. The van der Waals surface area contributed by atoms with Gasteiger partial charge < -0.3 is 10.2 Å². The number of carbonyl (C=O) groups is 2. The van der Waals surface area contributed by atoms with Gasteiger partial charge in [-0.2, -0.15) is 23.5 Å². The van der Waals surface area contributed by atoms with E-state index >= 15 is 0 Å². The van der Waals surface area contributed by atoms with Gasteiger partial charge in [-0.3, -0.25) is 14.5 Å². The third-order valence-corrected chi connectivity index (χ3v) is 7.25. The van der Waals surface area contributed by atoms with Gasteiger partial charge in [0, 0.05) is 30.6 Å². The number of nitriles is 1. The topological polar surface area (TPSA) is 94.3 Å². The highest BCUT2D eigenvalue weighted by molar-refractivity contribution is 6.05. The lowest BCUT2D eigenvalue weighted by Gasteiger charge is -2.38. The molecule has 4 aromatic rings. The predicted octanol–water partition coefficient (Wildman–Crippen LogP) is 5.24. The highest BCUT2D eigenvalue weighted by atomic mass is 19.4. The summed E-state index contributed by atoms with van der Waals surface area (Å²) in [7, 11) is 1.57. The number of halogens is 4. The summed E-state index contributed by atoms with van der Waals surface area (Å²) in [5.74, 6) is -2.43. The Balaban J connectivity index is 1.71. The molecular formula is C31H26F4N6O2. The van der Waals surface area contributed by atoms with Crippen LogP contribution in [-0.4, -0.2) is 46.1 Å². The molecule has 43 heavy (non-hydrogen) atoms. The molecule has 1 aliphatic rings. The van der Waals surface area contributed by atoms with Gasteiger partial charge in [-0.1, -0.05) is 36.4 Å². The van der Waals surface area contributed by atoms with Gasteiger partial charge in [-0.25, -0.2) is 9.07 Å². The fraction of sp³-hybridized carbons (Fsp3) is 0.226. The van der Waals surface area contributed by atoms with Crippen molar-refractivity contribution in [2.75, 3.05) is 18.5 Å². The van der Waals surface area contributed by atoms with E-state index < -0.39 is 41.3 Å². The lowest BCUT2D eigenvalue weighted by molar-refractivity contribution is -0.137. The van der Waals surface area contributed by atoms with Gasteiger partial charge in [0.2, 0.25) is 0 Å². The number of para-hydroxylation sites is 1. The van der Waals surface area contributed by atoms with E-state index in [2.05, 4.69) is 5.32 Å². The average Bonchev–Trinajstić information content (AvgIpc) is 3.36. The van der Waals surface area contributed by atoms with E-state index in [0.717, 1.165) is 18.2 Å². The fourth-order valence-electron chi connectivity index (χ4n) is 5.29. The molecule has 0 saturated carbocycles. The van der Waals surface area contributed by atoms with E-state index in [1.165, 1.54) is 40.1 Å². The van der Waals surface area contributed by atoms with Crippen molar-refractivity contribution < 1.29 is 27.2 Å². The molecule has 2 amide bonds. The second kappa shape index (κ2) is 11.6. The summed E-state index contributed by atoms with van der Waals surface area (Å²) in [4.78, 5) is 30.4. The Morgan fingerprint density at radius 3 is 2.40 bits per heavy atom. The summed E-state index contributed by atoms with van der Waals surface area (Å²) < 4.78 is 55.8. The van der Waals surface area contributed by atoms with Gasteiger partial charge in [0.25, 0.3) is 11.8 Å². The average molecular weight is 591 g/mol. The maximum absolute atomic E-state index is 14.2. The number of benzene rings is 3. The first-order valence-electron chi connectivity index (χ1n) is 13.4. The van der Waals surface area contributed by atoms with E-state index in [4.69, 9.17) is 5.10 Å². The molecule has 0 aliphatic carbocycles. The first-order chi connectivity index (χ1) is 20.5. The smallest absolute Gasteiger partial charge is 0.339 e. The van der Waals surface area contributed by atoms with E-state index in [0.29, 0.717) is 28.3 Å². The van der Waals surface area contributed by atoms with Crippen LogP contribution in [0.4, 0.5) is 23.4 Å². The normalized spacial score (nSPS) is 16.4. The molecule has 0 unspecified atom stereocenters. The van der Waals surface area contributed by atoms with Crippen molar-refractivity contribution in [3.63, 3.8) is 0 Å². The highest BCUT2D eigenvalue weighted by Gasteiger charge is 2.46. The Bertz CT molecular complexity index is 1700. The van der Waals surface area contributed by atoms with Crippen molar-refractivity contribution >= 4 is 17.6 Å².